The third-order valence-electron chi connectivity index (χ3n) is 4.56. The van der Waals surface area contributed by atoms with Crippen LogP contribution in [0.15, 0.2) is 47.3 Å². The van der Waals surface area contributed by atoms with Crippen molar-refractivity contribution in [3.63, 3.8) is 0 Å². The van der Waals surface area contributed by atoms with Gasteiger partial charge in [0.05, 0.1) is 25.1 Å². The summed E-state index contributed by atoms with van der Waals surface area (Å²) in [6.45, 7) is 6.38. The summed E-state index contributed by atoms with van der Waals surface area (Å²) < 4.78 is 12.3. The van der Waals surface area contributed by atoms with Crippen molar-refractivity contribution in [1.82, 2.24) is 20.3 Å². The predicted molar refractivity (Wildman–Crippen MR) is 114 cm³/mol. The molecule has 1 aromatic heterocycles. The van der Waals surface area contributed by atoms with E-state index in [2.05, 4.69) is 29.5 Å². The molecule has 0 aliphatic carbocycles. The van der Waals surface area contributed by atoms with Crippen molar-refractivity contribution in [2.45, 2.75) is 33.4 Å². The Bertz CT molecular complexity index is 1090. The van der Waals surface area contributed by atoms with Crippen molar-refractivity contribution >= 4 is 16.8 Å². The van der Waals surface area contributed by atoms with Gasteiger partial charge in [-0.05, 0) is 42.7 Å². The molecule has 158 valence electrons. The summed E-state index contributed by atoms with van der Waals surface area (Å²) in [6.07, 6.45) is 0. The van der Waals surface area contributed by atoms with Crippen molar-refractivity contribution in [3.05, 3.63) is 58.4 Å². The van der Waals surface area contributed by atoms with E-state index in [9.17, 15) is 9.59 Å². The largest absolute Gasteiger partial charge is 0.493 e. The van der Waals surface area contributed by atoms with Gasteiger partial charge in [-0.25, -0.2) is 4.68 Å². The van der Waals surface area contributed by atoms with Gasteiger partial charge in [-0.15, -0.1) is 5.10 Å². The highest BCUT2D eigenvalue weighted by molar-refractivity contribution is 5.78. The fourth-order valence-corrected chi connectivity index (χ4v) is 2.96. The minimum atomic E-state index is -0.350. The van der Waals surface area contributed by atoms with E-state index in [4.69, 9.17) is 9.47 Å². The van der Waals surface area contributed by atoms with E-state index in [1.165, 1.54) is 0 Å². The van der Waals surface area contributed by atoms with Gasteiger partial charge in [0.25, 0.3) is 5.56 Å². The molecule has 1 unspecified atom stereocenters. The van der Waals surface area contributed by atoms with Crippen molar-refractivity contribution in [1.29, 1.82) is 0 Å². The fourth-order valence-electron chi connectivity index (χ4n) is 2.96. The van der Waals surface area contributed by atoms with Crippen molar-refractivity contribution < 1.29 is 14.3 Å². The summed E-state index contributed by atoms with van der Waals surface area (Å²) in [4.78, 5) is 25.0. The second-order valence-electron chi connectivity index (χ2n) is 7.47. The maximum atomic E-state index is 12.5. The molecule has 3 aromatic rings. The second kappa shape index (κ2) is 9.39. The normalized spacial score (nSPS) is 12.0. The highest BCUT2D eigenvalue weighted by Gasteiger charge is 2.15. The zero-order valence-electron chi connectivity index (χ0n) is 17.6. The van der Waals surface area contributed by atoms with Crippen LogP contribution in [0.5, 0.6) is 11.5 Å². The number of nitrogens with zero attached hydrogens (tertiary/aromatic N) is 3. The van der Waals surface area contributed by atoms with Gasteiger partial charge in [-0.1, -0.05) is 37.3 Å². The second-order valence-corrected chi connectivity index (χ2v) is 7.47. The molecule has 1 heterocycles. The van der Waals surface area contributed by atoms with Crippen molar-refractivity contribution in [2.24, 2.45) is 5.92 Å². The molecule has 0 radical (unpaired) electrons. The third kappa shape index (κ3) is 4.94. The monoisotopic (exact) mass is 410 g/mol. The van der Waals surface area contributed by atoms with Crippen LogP contribution >= 0.6 is 0 Å². The van der Waals surface area contributed by atoms with E-state index in [0.717, 1.165) is 10.2 Å². The first kappa shape index (κ1) is 21.3. The van der Waals surface area contributed by atoms with E-state index in [-0.39, 0.29) is 24.1 Å². The molecule has 0 saturated carbocycles. The Morgan fingerprint density at radius 1 is 1.13 bits per heavy atom. The average molecular weight is 410 g/mol. The summed E-state index contributed by atoms with van der Waals surface area (Å²) in [7, 11) is 1.58. The van der Waals surface area contributed by atoms with Gasteiger partial charge in [0, 0.05) is 0 Å². The molecular weight excluding hydrogens is 384 g/mol. The van der Waals surface area contributed by atoms with Gasteiger partial charge in [0.2, 0.25) is 5.91 Å². The van der Waals surface area contributed by atoms with Gasteiger partial charge in [-0.3, -0.25) is 9.59 Å². The molecule has 1 N–H and O–H groups in total. The number of ether oxygens (including phenoxy) is 2. The molecule has 0 fully saturated rings. The number of carbonyl (C=O) groups is 1. The van der Waals surface area contributed by atoms with Crippen LogP contribution in [0, 0.1) is 5.92 Å². The summed E-state index contributed by atoms with van der Waals surface area (Å²) in [6, 6.07) is 12.2. The quantitative estimate of drug-likeness (QED) is 0.614. The van der Waals surface area contributed by atoms with E-state index >= 15 is 0 Å². The molecule has 1 amide bonds. The Hall–Kier alpha value is -3.42. The van der Waals surface area contributed by atoms with Crippen LogP contribution in [0.3, 0.4) is 0 Å². The Kier molecular flexibility index (Phi) is 6.66. The molecule has 1 atom stereocenters. The maximum absolute atomic E-state index is 12.5. The number of hydrogen-bond acceptors (Lipinski definition) is 6. The zero-order valence-corrected chi connectivity index (χ0v) is 17.6. The first-order valence-corrected chi connectivity index (χ1v) is 9.81. The molecule has 0 spiro atoms. The first-order valence-electron chi connectivity index (χ1n) is 9.81. The van der Waals surface area contributed by atoms with Gasteiger partial charge in [-0.2, -0.15) is 0 Å². The van der Waals surface area contributed by atoms with Crippen LogP contribution in [0.4, 0.5) is 0 Å². The summed E-state index contributed by atoms with van der Waals surface area (Å²) in [5.74, 6) is 1.32. The summed E-state index contributed by atoms with van der Waals surface area (Å²) in [5, 5.41) is 11.2. The number of amides is 1. The van der Waals surface area contributed by atoms with Gasteiger partial charge in [0.15, 0.2) is 11.5 Å². The maximum Gasteiger partial charge on any atom is 0.278 e. The molecule has 0 aliphatic rings. The highest BCUT2D eigenvalue weighted by atomic mass is 16.5. The number of benzene rings is 2. The minimum Gasteiger partial charge on any atom is -0.493 e. The lowest BCUT2D eigenvalue weighted by Gasteiger charge is -2.18. The lowest BCUT2D eigenvalue weighted by atomic mass is 10.1. The summed E-state index contributed by atoms with van der Waals surface area (Å²) >= 11 is 0. The van der Waals surface area contributed by atoms with Crippen LogP contribution < -0.4 is 20.3 Å². The van der Waals surface area contributed by atoms with E-state index in [0.29, 0.717) is 34.9 Å². The lowest BCUT2D eigenvalue weighted by molar-refractivity contribution is -0.122. The minimum absolute atomic E-state index is 0.215. The van der Waals surface area contributed by atoms with Crippen molar-refractivity contribution in [3.8, 4) is 11.5 Å². The lowest BCUT2D eigenvalue weighted by Crippen LogP contribution is -2.35. The molecule has 3 rings (SSSR count). The van der Waals surface area contributed by atoms with Gasteiger partial charge in [0.1, 0.15) is 12.1 Å². The SMILES string of the molecule is COc1cc(C(C)NC(=O)Cn2nnc3ccccc3c2=O)ccc1OCC(C)C. The predicted octanol–water partition coefficient (Wildman–Crippen LogP) is 2.71. The van der Waals surface area contributed by atoms with Gasteiger partial charge < -0.3 is 14.8 Å². The highest BCUT2D eigenvalue weighted by Crippen LogP contribution is 2.30. The Balaban J connectivity index is 1.70. The molecule has 0 aliphatic heterocycles. The number of fused-ring (bicyclic) bond motifs is 1. The molecule has 0 bridgehead atoms. The molecule has 0 saturated heterocycles. The van der Waals surface area contributed by atoms with E-state index in [1.54, 1.807) is 31.4 Å². The number of methoxy groups -OCH3 is 1. The number of carbonyl (C=O) groups excluding carboxylic acids is 1. The molecule has 2 aromatic carbocycles. The number of hydrogen-bond donors (Lipinski definition) is 1. The Morgan fingerprint density at radius 2 is 1.90 bits per heavy atom. The van der Waals surface area contributed by atoms with E-state index in [1.807, 2.05) is 25.1 Å². The van der Waals surface area contributed by atoms with Crippen LogP contribution in [0.2, 0.25) is 0 Å². The van der Waals surface area contributed by atoms with Crippen LogP contribution in [0.25, 0.3) is 10.9 Å². The Labute approximate surface area is 174 Å². The third-order valence-corrected chi connectivity index (χ3v) is 4.56. The topological polar surface area (TPSA) is 95.3 Å². The average Bonchev–Trinajstić information content (AvgIpc) is 2.74. The molecule has 30 heavy (non-hydrogen) atoms. The number of nitrogens with one attached hydrogen (secondary N) is 1. The molecule has 8 heteroatoms. The molecular formula is C22H26N4O4. The van der Waals surface area contributed by atoms with Gasteiger partial charge >= 0.3 is 0 Å². The summed E-state index contributed by atoms with van der Waals surface area (Å²) in [5.41, 5.74) is 1.00. The Morgan fingerprint density at radius 3 is 2.63 bits per heavy atom. The van der Waals surface area contributed by atoms with Crippen LogP contribution in [-0.4, -0.2) is 34.6 Å². The fraction of sp³-hybridized carbons (Fsp3) is 0.364. The zero-order chi connectivity index (χ0) is 21.7. The number of rotatable bonds is 8. The first-order chi connectivity index (χ1) is 14.4. The standard InChI is InChI=1S/C22H26N4O4/c1-14(2)13-30-19-10-9-16(11-20(19)29-4)15(3)23-21(27)12-26-22(28)17-7-5-6-8-18(17)24-25-26/h5-11,14-15H,12-13H2,1-4H3,(H,23,27). The van der Waals surface area contributed by atoms with E-state index < -0.39 is 0 Å². The van der Waals surface area contributed by atoms with Crippen LogP contribution in [0.1, 0.15) is 32.4 Å². The van der Waals surface area contributed by atoms with Crippen LogP contribution in [-0.2, 0) is 11.3 Å². The number of aromatic nitrogens is 3. The van der Waals surface area contributed by atoms with Crippen molar-refractivity contribution in [2.75, 3.05) is 13.7 Å². The molecule has 8 nitrogen and oxygen atoms in total. The smallest absolute Gasteiger partial charge is 0.278 e.